The van der Waals surface area contributed by atoms with Gasteiger partial charge in [0.05, 0.1) is 0 Å². The molecule has 1 N–H and O–H groups in total. The number of hydrogen-bond acceptors (Lipinski definition) is 3. The van der Waals surface area contributed by atoms with Crippen molar-refractivity contribution in [1.82, 2.24) is 14.9 Å². The van der Waals surface area contributed by atoms with Gasteiger partial charge in [0.25, 0.3) is 0 Å². The van der Waals surface area contributed by atoms with Crippen LogP contribution in [0, 0.1) is 13.8 Å². The molecule has 0 aromatic carbocycles. The summed E-state index contributed by atoms with van der Waals surface area (Å²) in [6, 6.07) is 7.40. The Hall–Kier alpha value is -1.94. The van der Waals surface area contributed by atoms with E-state index in [0.717, 1.165) is 37.4 Å². The van der Waals surface area contributed by atoms with Crippen molar-refractivity contribution in [2.45, 2.75) is 33.4 Å². The number of nitrogens with zero attached hydrogens (tertiary/aromatic N) is 2. The zero-order valence-electron chi connectivity index (χ0n) is 12.1. The highest BCUT2D eigenvalue weighted by atomic mass is 16.1. The average molecular weight is 271 g/mol. The molecule has 0 radical (unpaired) electrons. The van der Waals surface area contributed by atoms with E-state index in [4.69, 9.17) is 0 Å². The van der Waals surface area contributed by atoms with Gasteiger partial charge in [-0.05, 0) is 38.4 Å². The van der Waals surface area contributed by atoms with Crippen LogP contribution in [0.25, 0.3) is 0 Å². The molecule has 0 bridgehead atoms. The molecule has 0 spiro atoms. The van der Waals surface area contributed by atoms with E-state index in [-0.39, 0.29) is 5.43 Å². The first kappa shape index (κ1) is 14.5. The van der Waals surface area contributed by atoms with Crippen LogP contribution in [0.4, 0.5) is 0 Å². The molecule has 2 heterocycles. The van der Waals surface area contributed by atoms with Crippen molar-refractivity contribution < 1.29 is 0 Å². The topological polar surface area (TPSA) is 46.9 Å². The lowest BCUT2D eigenvalue weighted by atomic mass is 10.2. The van der Waals surface area contributed by atoms with E-state index < -0.39 is 0 Å². The monoisotopic (exact) mass is 271 g/mol. The van der Waals surface area contributed by atoms with Crippen LogP contribution in [0.2, 0.25) is 0 Å². The molecule has 0 unspecified atom stereocenters. The van der Waals surface area contributed by atoms with E-state index >= 15 is 0 Å². The molecule has 0 amide bonds. The Balaban J connectivity index is 1.78. The summed E-state index contributed by atoms with van der Waals surface area (Å²) in [5.74, 6) is 0. The lowest BCUT2D eigenvalue weighted by molar-refractivity contribution is 0.562. The third-order valence-corrected chi connectivity index (χ3v) is 3.34. The molecule has 2 aromatic heterocycles. The van der Waals surface area contributed by atoms with Crippen LogP contribution < -0.4 is 10.7 Å². The van der Waals surface area contributed by atoms with Crippen molar-refractivity contribution in [3.63, 3.8) is 0 Å². The minimum Gasteiger partial charge on any atom is -0.349 e. The summed E-state index contributed by atoms with van der Waals surface area (Å²) in [4.78, 5) is 15.5. The van der Waals surface area contributed by atoms with Crippen LogP contribution in [-0.4, -0.2) is 16.1 Å². The van der Waals surface area contributed by atoms with E-state index in [1.807, 2.05) is 26.1 Å². The van der Waals surface area contributed by atoms with Crippen LogP contribution >= 0.6 is 0 Å². The van der Waals surface area contributed by atoms with Crippen LogP contribution in [0.5, 0.6) is 0 Å². The van der Waals surface area contributed by atoms with Crippen molar-refractivity contribution >= 4 is 0 Å². The molecule has 4 heteroatoms. The van der Waals surface area contributed by atoms with Gasteiger partial charge >= 0.3 is 0 Å². The summed E-state index contributed by atoms with van der Waals surface area (Å²) in [5.41, 5.74) is 3.35. The van der Waals surface area contributed by atoms with Gasteiger partial charge in [0.15, 0.2) is 5.43 Å². The van der Waals surface area contributed by atoms with Crippen molar-refractivity contribution in [2.75, 3.05) is 6.54 Å². The maximum Gasteiger partial charge on any atom is 0.182 e. The molecular formula is C16H21N3O. The summed E-state index contributed by atoms with van der Waals surface area (Å²) >= 11 is 0. The molecular weight excluding hydrogens is 250 g/mol. The summed E-state index contributed by atoms with van der Waals surface area (Å²) < 4.78 is 2.19. The van der Waals surface area contributed by atoms with Gasteiger partial charge in [-0.2, -0.15) is 0 Å². The van der Waals surface area contributed by atoms with Crippen LogP contribution in [0.3, 0.4) is 0 Å². The number of pyridine rings is 2. The Morgan fingerprint density at radius 2 is 2.00 bits per heavy atom. The highest BCUT2D eigenvalue weighted by Gasteiger charge is 2.01. The molecule has 4 nitrogen and oxygen atoms in total. The van der Waals surface area contributed by atoms with Gasteiger partial charge in [-0.3, -0.25) is 9.78 Å². The molecule has 2 aromatic rings. The quantitative estimate of drug-likeness (QED) is 0.818. The largest absolute Gasteiger partial charge is 0.349 e. The van der Waals surface area contributed by atoms with Gasteiger partial charge < -0.3 is 9.88 Å². The fourth-order valence-corrected chi connectivity index (χ4v) is 2.34. The van der Waals surface area contributed by atoms with E-state index in [9.17, 15) is 4.79 Å². The van der Waals surface area contributed by atoms with Crippen molar-refractivity contribution in [1.29, 1.82) is 0 Å². The van der Waals surface area contributed by atoms with Crippen molar-refractivity contribution in [3.05, 3.63) is 63.8 Å². The molecule has 20 heavy (non-hydrogen) atoms. The second kappa shape index (κ2) is 7.01. The van der Waals surface area contributed by atoms with Crippen LogP contribution in [0.1, 0.15) is 23.4 Å². The molecule has 0 atom stereocenters. The Morgan fingerprint density at radius 1 is 1.25 bits per heavy atom. The smallest absolute Gasteiger partial charge is 0.182 e. The molecule has 0 aliphatic heterocycles. The molecule has 106 valence electrons. The minimum absolute atomic E-state index is 0.0888. The van der Waals surface area contributed by atoms with Crippen molar-refractivity contribution in [3.8, 4) is 0 Å². The van der Waals surface area contributed by atoms with Gasteiger partial charge in [0, 0.05) is 49.0 Å². The van der Waals surface area contributed by atoms with E-state index in [2.05, 4.69) is 20.9 Å². The SMILES string of the molecule is Cc1cc(=O)cc(C)n1CCCNCc1cccnc1. The number of nitrogens with one attached hydrogen (secondary N) is 1. The number of rotatable bonds is 6. The van der Waals surface area contributed by atoms with Gasteiger partial charge in [-0.15, -0.1) is 0 Å². The first-order valence-corrected chi connectivity index (χ1v) is 6.94. The van der Waals surface area contributed by atoms with E-state index in [0.29, 0.717) is 0 Å². The highest BCUT2D eigenvalue weighted by molar-refractivity contribution is 5.12. The third-order valence-electron chi connectivity index (χ3n) is 3.34. The first-order valence-electron chi connectivity index (χ1n) is 6.94. The Morgan fingerprint density at radius 3 is 2.65 bits per heavy atom. The summed E-state index contributed by atoms with van der Waals surface area (Å²) in [5, 5.41) is 3.41. The van der Waals surface area contributed by atoms with Crippen molar-refractivity contribution in [2.24, 2.45) is 0 Å². The summed E-state index contributed by atoms with van der Waals surface area (Å²) in [6.45, 7) is 6.68. The molecule has 0 aliphatic carbocycles. The minimum atomic E-state index is 0.0888. The summed E-state index contributed by atoms with van der Waals surface area (Å²) in [6.07, 6.45) is 4.69. The second-order valence-electron chi connectivity index (χ2n) is 5.02. The predicted octanol–water partition coefficient (Wildman–Crippen LogP) is 2.04. The lowest BCUT2D eigenvalue weighted by Gasteiger charge is -2.14. The predicted molar refractivity (Wildman–Crippen MR) is 80.7 cm³/mol. The van der Waals surface area contributed by atoms with E-state index in [1.165, 1.54) is 5.56 Å². The molecule has 2 rings (SSSR count). The third kappa shape index (κ3) is 4.03. The van der Waals surface area contributed by atoms with Gasteiger partial charge in [0.1, 0.15) is 0 Å². The van der Waals surface area contributed by atoms with Crippen LogP contribution in [-0.2, 0) is 13.1 Å². The second-order valence-corrected chi connectivity index (χ2v) is 5.02. The van der Waals surface area contributed by atoms with Gasteiger partial charge in [0.2, 0.25) is 0 Å². The maximum atomic E-state index is 11.4. The Bertz CT molecular complexity index is 579. The average Bonchev–Trinajstić information content (AvgIpc) is 2.42. The maximum absolute atomic E-state index is 11.4. The number of hydrogen-bond donors (Lipinski definition) is 1. The lowest BCUT2D eigenvalue weighted by Crippen LogP contribution is -2.19. The normalized spacial score (nSPS) is 10.7. The fourth-order valence-electron chi connectivity index (χ4n) is 2.34. The highest BCUT2D eigenvalue weighted by Crippen LogP contribution is 2.03. The molecule has 0 saturated carbocycles. The molecule has 0 aliphatic rings. The number of aryl methyl sites for hydroxylation is 2. The van der Waals surface area contributed by atoms with E-state index in [1.54, 1.807) is 18.3 Å². The molecule has 0 fully saturated rings. The standard InChI is InChI=1S/C16H21N3O/c1-13-9-16(20)10-14(2)19(13)8-4-7-18-12-15-5-3-6-17-11-15/h3,5-6,9-11,18H,4,7-8,12H2,1-2H3. The van der Waals surface area contributed by atoms with Gasteiger partial charge in [-0.25, -0.2) is 0 Å². The zero-order chi connectivity index (χ0) is 14.4. The van der Waals surface area contributed by atoms with Crippen LogP contribution in [0.15, 0.2) is 41.5 Å². The first-order chi connectivity index (χ1) is 9.66. The Kier molecular flexibility index (Phi) is 5.07. The Labute approximate surface area is 119 Å². The number of aromatic nitrogens is 2. The summed E-state index contributed by atoms with van der Waals surface area (Å²) in [7, 11) is 0. The fraction of sp³-hybridized carbons (Fsp3) is 0.375. The van der Waals surface area contributed by atoms with Gasteiger partial charge in [-0.1, -0.05) is 6.07 Å². The molecule has 0 saturated heterocycles. The zero-order valence-corrected chi connectivity index (χ0v) is 12.1.